The molecule has 8 nitrogen and oxygen atoms in total. The van der Waals surface area contributed by atoms with E-state index < -0.39 is 17.6 Å². The zero-order chi connectivity index (χ0) is 24.7. The van der Waals surface area contributed by atoms with E-state index in [1.54, 1.807) is 0 Å². The van der Waals surface area contributed by atoms with Gasteiger partial charge in [-0.15, -0.1) is 0 Å². The predicted molar refractivity (Wildman–Crippen MR) is 128 cm³/mol. The first-order valence-electron chi connectivity index (χ1n) is 11.4. The first-order valence-corrected chi connectivity index (χ1v) is 11.4. The van der Waals surface area contributed by atoms with Gasteiger partial charge in [0.1, 0.15) is 6.61 Å². The molecule has 2 aromatic carbocycles. The lowest BCUT2D eigenvalue weighted by Gasteiger charge is -2.26. The fraction of sp³-hybridized carbons (Fsp3) is 0.423. The van der Waals surface area contributed by atoms with Crippen molar-refractivity contribution in [1.82, 2.24) is 10.6 Å². The molecule has 0 spiro atoms. The number of amides is 2. The Bertz CT molecular complexity index is 994. The number of rotatable bonds is 11. The number of hydrogen-bond donors (Lipinski definition) is 3. The summed E-state index contributed by atoms with van der Waals surface area (Å²) in [4.78, 5) is 35.9. The topological polar surface area (TPSA) is 114 Å². The predicted octanol–water partition coefficient (Wildman–Crippen LogP) is 3.55. The average Bonchev–Trinajstić information content (AvgIpc) is 3.11. The third kappa shape index (κ3) is 5.94. The van der Waals surface area contributed by atoms with Crippen molar-refractivity contribution in [3.8, 4) is 11.1 Å². The fourth-order valence-electron chi connectivity index (χ4n) is 4.29. The second-order valence-electron chi connectivity index (χ2n) is 8.97. The number of aliphatic carboxylic acids is 1. The van der Waals surface area contributed by atoms with Crippen LogP contribution in [0.4, 0.5) is 4.79 Å². The minimum absolute atomic E-state index is 0.00332. The van der Waals surface area contributed by atoms with Gasteiger partial charge < -0.3 is 25.2 Å². The molecule has 0 radical (unpaired) electrons. The second-order valence-corrected chi connectivity index (χ2v) is 8.97. The summed E-state index contributed by atoms with van der Waals surface area (Å²) in [5.41, 5.74) is 3.16. The number of ether oxygens (including phenoxy) is 2. The first kappa shape index (κ1) is 25.2. The van der Waals surface area contributed by atoms with Crippen LogP contribution >= 0.6 is 0 Å². The summed E-state index contributed by atoms with van der Waals surface area (Å²) in [7, 11) is 1.38. The van der Waals surface area contributed by atoms with E-state index in [4.69, 9.17) is 9.47 Å². The largest absolute Gasteiger partial charge is 0.479 e. The molecule has 0 bridgehead atoms. The Morgan fingerprint density at radius 1 is 1.06 bits per heavy atom. The summed E-state index contributed by atoms with van der Waals surface area (Å²) in [6, 6.07) is 16.3. The summed E-state index contributed by atoms with van der Waals surface area (Å²) in [6.07, 6.45) is 0.182. The van der Waals surface area contributed by atoms with Crippen molar-refractivity contribution < 1.29 is 29.0 Å². The zero-order valence-electron chi connectivity index (χ0n) is 19.8. The van der Waals surface area contributed by atoms with E-state index >= 15 is 0 Å². The highest BCUT2D eigenvalue weighted by atomic mass is 16.5. The number of carboxylic acid groups (broad SMARTS) is 1. The van der Waals surface area contributed by atoms with Crippen molar-refractivity contribution in [2.45, 2.75) is 38.1 Å². The molecule has 2 atom stereocenters. The van der Waals surface area contributed by atoms with Crippen LogP contribution in [0.15, 0.2) is 48.5 Å². The van der Waals surface area contributed by atoms with Crippen molar-refractivity contribution in [3.63, 3.8) is 0 Å². The maximum atomic E-state index is 12.3. The van der Waals surface area contributed by atoms with E-state index in [2.05, 4.69) is 34.9 Å². The van der Waals surface area contributed by atoms with Crippen molar-refractivity contribution in [2.24, 2.45) is 5.92 Å². The highest BCUT2D eigenvalue weighted by molar-refractivity contribution is 5.87. The number of benzene rings is 2. The molecule has 0 saturated carbocycles. The lowest BCUT2D eigenvalue weighted by molar-refractivity contribution is -0.149. The number of carbonyl (C=O) groups excluding carboxylic acids is 2. The molecule has 182 valence electrons. The Balaban J connectivity index is 1.43. The average molecular weight is 469 g/mol. The molecule has 2 unspecified atom stereocenters. The molecular formula is C26H32N2O6. The third-order valence-corrected chi connectivity index (χ3v) is 6.10. The molecule has 34 heavy (non-hydrogen) atoms. The van der Waals surface area contributed by atoms with E-state index in [1.165, 1.54) is 25.2 Å². The van der Waals surface area contributed by atoms with Crippen LogP contribution in [0.25, 0.3) is 11.1 Å². The van der Waals surface area contributed by atoms with Gasteiger partial charge in [-0.25, -0.2) is 9.59 Å². The molecule has 3 N–H and O–H groups in total. The van der Waals surface area contributed by atoms with Crippen LogP contribution in [-0.4, -0.2) is 55.5 Å². The highest BCUT2D eigenvalue weighted by Gasteiger charge is 2.35. The molecule has 0 heterocycles. The van der Waals surface area contributed by atoms with Gasteiger partial charge in [-0.05, 0) is 41.5 Å². The summed E-state index contributed by atoms with van der Waals surface area (Å²) in [5.74, 6) is -1.60. The number of nitrogens with one attached hydrogen (secondary N) is 2. The summed E-state index contributed by atoms with van der Waals surface area (Å²) < 4.78 is 10.4. The highest BCUT2D eigenvalue weighted by Crippen LogP contribution is 2.44. The van der Waals surface area contributed by atoms with Crippen LogP contribution < -0.4 is 10.6 Å². The number of carboxylic acids is 1. The third-order valence-electron chi connectivity index (χ3n) is 6.10. The molecule has 0 aliphatic heterocycles. The molecule has 3 rings (SSSR count). The van der Waals surface area contributed by atoms with Crippen LogP contribution in [0, 0.1) is 5.92 Å². The van der Waals surface area contributed by atoms with E-state index in [9.17, 15) is 19.5 Å². The molecule has 0 fully saturated rings. The minimum atomic E-state index is -1.48. The SMILES string of the molecule is COCC(C)(NC(=O)CC(C)CCNC(=O)OCC1c2ccccc2-c2ccccc21)C(=O)O. The van der Waals surface area contributed by atoms with Crippen LogP contribution in [-0.2, 0) is 19.1 Å². The maximum absolute atomic E-state index is 12.3. The van der Waals surface area contributed by atoms with Gasteiger partial charge >= 0.3 is 12.1 Å². The number of hydrogen-bond acceptors (Lipinski definition) is 5. The van der Waals surface area contributed by atoms with E-state index in [0.717, 1.165) is 11.1 Å². The number of methoxy groups -OCH3 is 1. The zero-order valence-corrected chi connectivity index (χ0v) is 19.8. The Morgan fingerprint density at radius 2 is 1.65 bits per heavy atom. The summed E-state index contributed by atoms with van der Waals surface area (Å²) in [6.45, 7) is 3.73. The van der Waals surface area contributed by atoms with E-state index in [1.807, 2.05) is 31.2 Å². The van der Waals surface area contributed by atoms with Crippen LogP contribution in [0.5, 0.6) is 0 Å². The quantitative estimate of drug-likeness (QED) is 0.465. The van der Waals surface area contributed by atoms with Gasteiger partial charge in [0.15, 0.2) is 5.54 Å². The van der Waals surface area contributed by atoms with Crippen LogP contribution in [0.1, 0.15) is 43.7 Å². The second kappa shape index (κ2) is 11.2. The molecule has 8 heteroatoms. The van der Waals surface area contributed by atoms with Gasteiger partial charge in [0.25, 0.3) is 0 Å². The lowest BCUT2D eigenvalue weighted by atomic mass is 9.98. The monoisotopic (exact) mass is 468 g/mol. The molecule has 1 aliphatic rings. The molecule has 2 amide bonds. The number of alkyl carbamates (subject to hydrolysis) is 1. The van der Waals surface area contributed by atoms with Crippen molar-refractivity contribution in [2.75, 3.05) is 26.9 Å². The smallest absolute Gasteiger partial charge is 0.407 e. The van der Waals surface area contributed by atoms with Gasteiger partial charge in [-0.2, -0.15) is 0 Å². The summed E-state index contributed by atoms with van der Waals surface area (Å²) >= 11 is 0. The molecule has 0 aromatic heterocycles. The van der Waals surface area contributed by atoms with Crippen molar-refractivity contribution in [1.29, 1.82) is 0 Å². The molecule has 2 aromatic rings. The molecule has 0 saturated heterocycles. The fourth-order valence-corrected chi connectivity index (χ4v) is 4.29. The Kier molecular flexibility index (Phi) is 8.28. The number of carbonyl (C=O) groups is 3. The molecule has 1 aliphatic carbocycles. The van der Waals surface area contributed by atoms with E-state index in [0.29, 0.717) is 13.0 Å². The van der Waals surface area contributed by atoms with Gasteiger partial charge in [-0.1, -0.05) is 55.5 Å². The molecular weight excluding hydrogens is 436 g/mol. The Labute approximate surface area is 199 Å². The van der Waals surface area contributed by atoms with Crippen molar-refractivity contribution in [3.05, 3.63) is 59.7 Å². The van der Waals surface area contributed by atoms with Crippen molar-refractivity contribution >= 4 is 18.0 Å². The van der Waals surface area contributed by atoms with Gasteiger partial charge in [0.2, 0.25) is 5.91 Å². The lowest BCUT2D eigenvalue weighted by Crippen LogP contribution is -2.55. The Hall–Kier alpha value is -3.39. The van der Waals surface area contributed by atoms with Gasteiger partial charge in [0.05, 0.1) is 6.61 Å². The van der Waals surface area contributed by atoms with E-state index in [-0.39, 0.29) is 37.4 Å². The number of fused-ring (bicyclic) bond motifs is 3. The summed E-state index contributed by atoms with van der Waals surface area (Å²) in [5, 5.41) is 14.6. The normalized spacial score (nSPS) is 14.9. The standard InChI is InChI=1S/C26H32N2O6/c1-17(14-23(29)28-26(2,16-33-3)24(30)31)12-13-27-25(32)34-15-22-20-10-6-4-8-18(20)19-9-5-7-11-21(19)22/h4-11,17,22H,12-16H2,1-3H3,(H,27,32)(H,28,29)(H,30,31). The van der Waals surface area contributed by atoms with Gasteiger partial charge in [0, 0.05) is 26.0 Å². The maximum Gasteiger partial charge on any atom is 0.407 e. The minimum Gasteiger partial charge on any atom is -0.479 e. The first-order chi connectivity index (χ1) is 16.2. The van der Waals surface area contributed by atoms with Crippen LogP contribution in [0.3, 0.4) is 0 Å². The van der Waals surface area contributed by atoms with Crippen LogP contribution in [0.2, 0.25) is 0 Å². The Morgan fingerprint density at radius 3 is 2.21 bits per heavy atom. The van der Waals surface area contributed by atoms with Gasteiger partial charge in [-0.3, -0.25) is 4.79 Å².